The third kappa shape index (κ3) is 4.53. The third-order valence-corrected chi connectivity index (χ3v) is 4.27. The van der Waals surface area contributed by atoms with Crippen LogP contribution in [0, 0.1) is 0 Å². The molecular weight excluding hydrogens is 368 g/mol. The molecule has 0 saturated heterocycles. The summed E-state index contributed by atoms with van der Waals surface area (Å²) < 4.78 is 7.31. The highest BCUT2D eigenvalue weighted by molar-refractivity contribution is 5.92. The topological polar surface area (TPSA) is 97.9 Å². The Morgan fingerprint density at radius 1 is 1.22 bits per heavy atom. The first kappa shape index (κ1) is 19.1. The van der Waals surface area contributed by atoms with Crippen molar-refractivity contribution in [3.63, 3.8) is 0 Å². The van der Waals surface area contributed by atoms with Crippen LogP contribution in [-0.4, -0.2) is 45.2 Å². The maximum Gasteiger partial charge on any atom is 0.271 e. The van der Waals surface area contributed by atoms with Crippen molar-refractivity contribution in [3.8, 4) is 11.5 Å². The summed E-state index contributed by atoms with van der Waals surface area (Å²) in [4.78, 5) is 21.1. The number of aromatic nitrogens is 4. The summed E-state index contributed by atoms with van der Waals surface area (Å²) in [6.07, 6.45) is 3.15. The van der Waals surface area contributed by atoms with Crippen LogP contribution in [0.15, 0.2) is 41.1 Å². The summed E-state index contributed by atoms with van der Waals surface area (Å²) in [6, 6.07) is 9.60. The Bertz CT molecular complexity index is 869. The van der Waals surface area contributed by atoms with Crippen molar-refractivity contribution in [2.75, 3.05) is 19.6 Å². The molecule has 0 bridgehead atoms. The van der Waals surface area contributed by atoms with E-state index in [4.69, 9.17) is 4.52 Å². The van der Waals surface area contributed by atoms with E-state index in [0.717, 1.165) is 37.4 Å². The average Bonchev–Trinajstić information content (AvgIpc) is 3.25. The average molecular weight is 389 g/mol. The molecule has 1 aliphatic heterocycles. The number of rotatable bonds is 5. The van der Waals surface area contributed by atoms with Gasteiger partial charge < -0.3 is 19.7 Å². The van der Waals surface area contributed by atoms with Crippen molar-refractivity contribution in [3.05, 3.63) is 53.9 Å². The summed E-state index contributed by atoms with van der Waals surface area (Å²) in [6.45, 7) is 3.04. The van der Waals surface area contributed by atoms with Gasteiger partial charge in [-0.15, -0.1) is 12.4 Å². The maximum absolute atomic E-state index is 12.3. The zero-order valence-electron chi connectivity index (χ0n) is 14.7. The molecule has 0 fully saturated rings. The number of benzene rings is 1. The fourth-order valence-corrected chi connectivity index (χ4v) is 2.91. The molecule has 3 aromatic rings. The summed E-state index contributed by atoms with van der Waals surface area (Å²) >= 11 is 0. The lowest BCUT2D eigenvalue weighted by molar-refractivity contribution is 0.0949. The van der Waals surface area contributed by atoms with Gasteiger partial charge in [0, 0.05) is 50.8 Å². The Morgan fingerprint density at radius 3 is 2.93 bits per heavy atom. The molecule has 8 nitrogen and oxygen atoms in total. The number of amides is 1. The summed E-state index contributed by atoms with van der Waals surface area (Å²) in [5.41, 5.74) is 1.34. The third-order valence-electron chi connectivity index (χ3n) is 4.27. The van der Waals surface area contributed by atoms with E-state index in [1.807, 2.05) is 41.1 Å². The van der Waals surface area contributed by atoms with Crippen molar-refractivity contribution < 1.29 is 9.32 Å². The van der Waals surface area contributed by atoms with E-state index in [1.165, 1.54) is 0 Å². The minimum Gasteiger partial charge on any atom is -0.350 e. The molecule has 2 N–H and O–H groups in total. The highest BCUT2D eigenvalue weighted by Crippen LogP contribution is 2.16. The predicted octanol–water partition coefficient (Wildman–Crippen LogP) is 1.47. The molecular formula is C18H21ClN6O2. The van der Waals surface area contributed by atoms with Crippen molar-refractivity contribution >= 4 is 18.3 Å². The van der Waals surface area contributed by atoms with E-state index in [0.29, 0.717) is 30.4 Å². The van der Waals surface area contributed by atoms with Crippen molar-refractivity contribution in [2.24, 2.45) is 0 Å². The Kier molecular flexibility index (Phi) is 6.20. The number of fused-ring (bicyclic) bond motifs is 1. The number of carbonyl (C=O) groups excluding carboxylic acids is 1. The van der Waals surface area contributed by atoms with E-state index >= 15 is 0 Å². The van der Waals surface area contributed by atoms with Gasteiger partial charge in [-0.05, 0) is 12.1 Å². The molecule has 142 valence electrons. The highest BCUT2D eigenvalue weighted by Gasteiger charge is 2.16. The molecule has 0 atom stereocenters. The number of carbonyl (C=O) groups is 1. The number of nitrogens with one attached hydrogen (secondary N) is 2. The first-order chi connectivity index (χ1) is 12.8. The predicted molar refractivity (Wildman–Crippen MR) is 102 cm³/mol. The number of nitrogens with zero attached hydrogens (tertiary/aromatic N) is 4. The fourth-order valence-electron chi connectivity index (χ4n) is 2.91. The van der Waals surface area contributed by atoms with Crippen LogP contribution < -0.4 is 10.6 Å². The molecule has 1 amide bonds. The van der Waals surface area contributed by atoms with Gasteiger partial charge in [0.25, 0.3) is 11.8 Å². The zero-order chi connectivity index (χ0) is 17.8. The molecule has 0 aliphatic carbocycles. The second-order valence-corrected chi connectivity index (χ2v) is 6.12. The second-order valence-electron chi connectivity index (χ2n) is 6.12. The molecule has 3 heterocycles. The number of hydrogen-bond acceptors (Lipinski definition) is 6. The van der Waals surface area contributed by atoms with Crippen LogP contribution in [0.1, 0.15) is 22.1 Å². The lowest BCUT2D eigenvalue weighted by Gasteiger charge is -2.01. The Morgan fingerprint density at radius 2 is 2.07 bits per heavy atom. The first-order valence-corrected chi connectivity index (χ1v) is 8.72. The number of imidazole rings is 1. The largest absolute Gasteiger partial charge is 0.350 e. The van der Waals surface area contributed by atoms with Gasteiger partial charge in [0.1, 0.15) is 11.5 Å². The molecule has 0 radical (unpaired) electrons. The van der Waals surface area contributed by atoms with E-state index in [1.54, 1.807) is 0 Å². The van der Waals surface area contributed by atoms with Gasteiger partial charge in [-0.2, -0.15) is 4.98 Å². The van der Waals surface area contributed by atoms with E-state index in [-0.39, 0.29) is 18.3 Å². The Hall–Kier alpha value is -2.71. The second kappa shape index (κ2) is 8.79. The van der Waals surface area contributed by atoms with E-state index in [9.17, 15) is 4.79 Å². The Balaban J connectivity index is 0.00000210. The van der Waals surface area contributed by atoms with Gasteiger partial charge in [-0.25, -0.2) is 4.98 Å². The molecule has 0 saturated carbocycles. The maximum atomic E-state index is 12.3. The minimum atomic E-state index is -0.176. The summed E-state index contributed by atoms with van der Waals surface area (Å²) in [7, 11) is 0. The van der Waals surface area contributed by atoms with Gasteiger partial charge >= 0.3 is 0 Å². The van der Waals surface area contributed by atoms with Gasteiger partial charge in [0.2, 0.25) is 0 Å². The van der Waals surface area contributed by atoms with Crippen LogP contribution in [0.25, 0.3) is 11.5 Å². The van der Waals surface area contributed by atoms with Crippen LogP contribution >= 0.6 is 12.4 Å². The van der Waals surface area contributed by atoms with Crippen LogP contribution in [0.4, 0.5) is 0 Å². The number of halogens is 1. The van der Waals surface area contributed by atoms with Crippen LogP contribution in [0.2, 0.25) is 0 Å². The van der Waals surface area contributed by atoms with Gasteiger partial charge in [-0.3, -0.25) is 4.79 Å². The fraction of sp³-hybridized carbons (Fsp3) is 0.333. The lowest BCUT2D eigenvalue weighted by atomic mass is 10.2. The molecule has 2 aromatic heterocycles. The summed E-state index contributed by atoms with van der Waals surface area (Å²) in [5.74, 6) is 1.82. The smallest absolute Gasteiger partial charge is 0.271 e. The van der Waals surface area contributed by atoms with Gasteiger partial charge in [-0.1, -0.05) is 23.4 Å². The molecule has 1 aromatic carbocycles. The molecule has 27 heavy (non-hydrogen) atoms. The lowest BCUT2D eigenvalue weighted by Crippen LogP contribution is -2.26. The number of hydrogen-bond donors (Lipinski definition) is 2. The molecule has 0 spiro atoms. The molecule has 0 unspecified atom stereocenters. The van der Waals surface area contributed by atoms with Crippen molar-refractivity contribution in [1.29, 1.82) is 0 Å². The normalized spacial score (nSPS) is 13.3. The van der Waals surface area contributed by atoms with Gasteiger partial charge in [0.05, 0.1) is 0 Å². The quantitative estimate of drug-likeness (QED) is 0.687. The molecule has 9 heteroatoms. The minimum absolute atomic E-state index is 0. The molecule has 1 aliphatic rings. The van der Waals surface area contributed by atoms with E-state index < -0.39 is 0 Å². The SMILES string of the molecule is Cl.O=C(NCCc1noc(-c2ccccc2)n1)c1cn2c(n1)CCNCC2. The monoisotopic (exact) mass is 388 g/mol. The Labute approximate surface area is 162 Å². The van der Waals surface area contributed by atoms with Crippen LogP contribution in [0.5, 0.6) is 0 Å². The highest BCUT2D eigenvalue weighted by atomic mass is 35.5. The van der Waals surface area contributed by atoms with Crippen molar-refractivity contribution in [1.82, 2.24) is 30.3 Å². The van der Waals surface area contributed by atoms with E-state index in [2.05, 4.69) is 25.8 Å². The van der Waals surface area contributed by atoms with Crippen LogP contribution in [-0.2, 0) is 19.4 Å². The van der Waals surface area contributed by atoms with Crippen molar-refractivity contribution in [2.45, 2.75) is 19.4 Å². The van der Waals surface area contributed by atoms with Gasteiger partial charge in [0.15, 0.2) is 5.82 Å². The van der Waals surface area contributed by atoms with Crippen LogP contribution in [0.3, 0.4) is 0 Å². The standard InChI is InChI=1S/C18H20N6O2.ClH/c25-17(14-12-24-11-10-19-8-7-16(24)21-14)20-9-6-15-22-18(26-23-15)13-4-2-1-3-5-13;/h1-5,12,19H,6-11H2,(H,20,25);1H. The molecule has 4 rings (SSSR count). The summed E-state index contributed by atoms with van der Waals surface area (Å²) in [5, 5.41) is 10.1. The zero-order valence-corrected chi connectivity index (χ0v) is 15.5. The first-order valence-electron chi connectivity index (χ1n) is 8.72.